The zero-order valence-corrected chi connectivity index (χ0v) is 13.1. The summed E-state index contributed by atoms with van der Waals surface area (Å²) in [6.07, 6.45) is 1.27. The van der Waals surface area contributed by atoms with E-state index in [1.807, 2.05) is 0 Å². The van der Waals surface area contributed by atoms with Crippen molar-refractivity contribution in [1.82, 2.24) is 5.32 Å². The van der Waals surface area contributed by atoms with Crippen LogP contribution in [0.5, 0.6) is 0 Å². The highest BCUT2D eigenvalue weighted by molar-refractivity contribution is 9.10. The predicted octanol–water partition coefficient (Wildman–Crippen LogP) is 2.00. The first-order chi connectivity index (χ1) is 9.56. The fraction of sp³-hybridized carbons (Fsp3) is 0.500. The molecule has 0 bridgehead atoms. The molecule has 1 atom stereocenters. The van der Waals surface area contributed by atoms with Gasteiger partial charge in [-0.2, -0.15) is 0 Å². The highest BCUT2D eigenvalue weighted by Gasteiger charge is 2.10. The van der Waals surface area contributed by atoms with Crippen LogP contribution in [-0.4, -0.2) is 32.2 Å². The summed E-state index contributed by atoms with van der Waals surface area (Å²) in [7, 11) is 1.53. The minimum atomic E-state index is -0.251. The molecule has 20 heavy (non-hydrogen) atoms. The van der Waals surface area contributed by atoms with Gasteiger partial charge in [-0.3, -0.25) is 4.79 Å². The Hall–Kier alpha value is -0.980. The average Bonchev–Trinajstić information content (AvgIpc) is 2.42. The van der Waals surface area contributed by atoms with Crippen molar-refractivity contribution in [3.8, 4) is 0 Å². The zero-order valence-electron chi connectivity index (χ0n) is 11.5. The lowest BCUT2D eigenvalue weighted by atomic mass is 10.1. The molecule has 0 saturated carbocycles. The summed E-state index contributed by atoms with van der Waals surface area (Å²) in [6, 6.07) is 5.00. The highest BCUT2D eigenvalue weighted by Crippen LogP contribution is 2.16. The van der Waals surface area contributed by atoms with Gasteiger partial charge in [0.05, 0.1) is 12.5 Å². The Balaban J connectivity index is 2.26. The van der Waals surface area contributed by atoms with Gasteiger partial charge in [0.2, 0.25) is 5.91 Å². The second-order valence-corrected chi connectivity index (χ2v) is 5.40. The molecule has 0 aromatic heterocycles. The second-order valence-electron chi connectivity index (χ2n) is 4.49. The van der Waals surface area contributed by atoms with Crippen LogP contribution in [-0.2, 0) is 16.0 Å². The molecule has 0 fully saturated rings. The Kier molecular flexibility index (Phi) is 7.72. The van der Waals surface area contributed by atoms with Crippen LogP contribution in [0.3, 0.4) is 0 Å². The summed E-state index contributed by atoms with van der Waals surface area (Å²) in [5.41, 5.74) is 6.09. The first-order valence-electron chi connectivity index (χ1n) is 6.50. The molecule has 6 heteroatoms. The number of aryl methyl sites for hydroxylation is 1. The minimum absolute atomic E-state index is 0.0985. The molecule has 3 N–H and O–H groups in total. The fourth-order valence-corrected chi connectivity index (χ4v) is 2.11. The number of ether oxygens (including phenoxy) is 1. The molecule has 0 aliphatic rings. The van der Waals surface area contributed by atoms with Crippen molar-refractivity contribution in [3.63, 3.8) is 0 Å². The van der Waals surface area contributed by atoms with Crippen LogP contribution >= 0.6 is 15.9 Å². The summed E-state index contributed by atoms with van der Waals surface area (Å²) >= 11 is 3.21. The van der Waals surface area contributed by atoms with Gasteiger partial charge in [-0.15, -0.1) is 0 Å². The fourth-order valence-electron chi connectivity index (χ4n) is 1.77. The summed E-state index contributed by atoms with van der Waals surface area (Å²) < 4.78 is 19.3. The van der Waals surface area contributed by atoms with Crippen LogP contribution in [0, 0.1) is 5.82 Å². The first kappa shape index (κ1) is 17.1. The summed E-state index contributed by atoms with van der Waals surface area (Å²) in [5, 5.41) is 2.78. The van der Waals surface area contributed by atoms with Gasteiger partial charge >= 0.3 is 0 Å². The van der Waals surface area contributed by atoms with E-state index < -0.39 is 0 Å². The van der Waals surface area contributed by atoms with E-state index >= 15 is 0 Å². The SMILES string of the molecule is COC(CN)CC(=O)NCCCc1ccc(Br)cc1F. The Morgan fingerprint density at radius 2 is 2.30 bits per heavy atom. The lowest BCUT2D eigenvalue weighted by Gasteiger charge is -2.12. The lowest BCUT2D eigenvalue weighted by Crippen LogP contribution is -2.32. The number of carbonyl (C=O) groups is 1. The molecule has 0 heterocycles. The van der Waals surface area contributed by atoms with E-state index in [0.29, 0.717) is 31.5 Å². The molecular weight excluding hydrogens is 327 g/mol. The van der Waals surface area contributed by atoms with E-state index in [-0.39, 0.29) is 24.2 Å². The van der Waals surface area contributed by atoms with Crippen molar-refractivity contribution in [2.45, 2.75) is 25.4 Å². The van der Waals surface area contributed by atoms with Crippen LogP contribution in [0.25, 0.3) is 0 Å². The van der Waals surface area contributed by atoms with Crippen molar-refractivity contribution in [2.75, 3.05) is 20.2 Å². The number of hydrogen-bond acceptors (Lipinski definition) is 3. The zero-order chi connectivity index (χ0) is 15.0. The molecule has 1 aromatic rings. The maximum absolute atomic E-state index is 13.6. The lowest BCUT2D eigenvalue weighted by molar-refractivity contribution is -0.123. The molecule has 1 amide bonds. The van der Waals surface area contributed by atoms with Gasteiger partial charge in [-0.05, 0) is 30.5 Å². The summed E-state index contributed by atoms with van der Waals surface area (Å²) in [4.78, 5) is 11.6. The van der Waals surface area contributed by atoms with E-state index in [0.717, 1.165) is 4.47 Å². The molecule has 1 rings (SSSR count). The van der Waals surface area contributed by atoms with Crippen LogP contribution in [0.4, 0.5) is 4.39 Å². The Bertz CT molecular complexity index is 439. The number of amides is 1. The van der Waals surface area contributed by atoms with Gasteiger partial charge in [0.1, 0.15) is 5.82 Å². The van der Waals surface area contributed by atoms with Crippen molar-refractivity contribution in [1.29, 1.82) is 0 Å². The molecule has 0 saturated heterocycles. The third kappa shape index (κ3) is 5.98. The van der Waals surface area contributed by atoms with E-state index in [9.17, 15) is 9.18 Å². The van der Waals surface area contributed by atoms with Gasteiger partial charge in [-0.1, -0.05) is 22.0 Å². The van der Waals surface area contributed by atoms with Crippen molar-refractivity contribution in [2.24, 2.45) is 5.73 Å². The van der Waals surface area contributed by atoms with Crippen LogP contribution < -0.4 is 11.1 Å². The normalized spacial score (nSPS) is 12.2. The van der Waals surface area contributed by atoms with Gasteiger partial charge in [0.15, 0.2) is 0 Å². The monoisotopic (exact) mass is 346 g/mol. The van der Waals surface area contributed by atoms with E-state index in [1.165, 1.54) is 13.2 Å². The number of methoxy groups -OCH3 is 1. The highest BCUT2D eigenvalue weighted by atomic mass is 79.9. The third-order valence-electron chi connectivity index (χ3n) is 2.97. The van der Waals surface area contributed by atoms with E-state index in [2.05, 4.69) is 21.2 Å². The topological polar surface area (TPSA) is 64.3 Å². The molecule has 0 aliphatic carbocycles. The quantitative estimate of drug-likeness (QED) is 0.707. The maximum atomic E-state index is 13.6. The standard InChI is InChI=1S/C14H20BrFN2O2/c1-20-12(9-17)8-14(19)18-6-2-3-10-4-5-11(15)7-13(10)16/h4-5,7,12H,2-3,6,8-9,17H2,1H3,(H,18,19). The number of benzene rings is 1. The number of nitrogens with two attached hydrogens (primary N) is 1. The number of halogens is 2. The average molecular weight is 347 g/mol. The Morgan fingerprint density at radius 3 is 2.90 bits per heavy atom. The van der Waals surface area contributed by atoms with Gasteiger partial charge in [0, 0.05) is 24.7 Å². The van der Waals surface area contributed by atoms with Gasteiger partial charge in [-0.25, -0.2) is 4.39 Å². The van der Waals surface area contributed by atoms with Crippen LogP contribution in [0.2, 0.25) is 0 Å². The van der Waals surface area contributed by atoms with Gasteiger partial charge < -0.3 is 15.8 Å². The second kappa shape index (κ2) is 9.05. The van der Waals surface area contributed by atoms with E-state index in [1.54, 1.807) is 12.1 Å². The molecular formula is C14H20BrFN2O2. The molecule has 4 nitrogen and oxygen atoms in total. The molecule has 1 unspecified atom stereocenters. The number of hydrogen-bond donors (Lipinski definition) is 2. The molecule has 112 valence electrons. The molecule has 0 radical (unpaired) electrons. The summed E-state index contributed by atoms with van der Waals surface area (Å²) in [6.45, 7) is 0.823. The largest absolute Gasteiger partial charge is 0.380 e. The predicted molar refractivity (Wildman–Crippen MR) is 79.9 cm³/mol. The van der Waals surface area contributed by atoms with E-state index in [4.69, 9.17) is 10.5 Å². The first-order valence-corrected chi connectivity index (χ1v) is 7.29. The summed E-state index contributed by atoms with van der Waals surface area (Å²) in [5.74, 6) is -0.327. The van der Waals surface area contributed by atoms with Crippen molar-refractivity contribution < 1.29 is 13.9 Å². The number of carbonyl (C=O) groups excluding carboxylic acids is 1. The number of rotatable bonds is 8. The van der Waals surface area contributed by atoms with Crippen molar-refractivity contribution in [3.05, 3.63) is 34.1 Å². The molecule has 0 aliphatic heterocycles. The van der Waals surface area contributed by atoms with Gasteiger partial charge in [0.25, 0.3) is 0 Å². The smallest absolute Gasteiger partial charge is 0.222 e. The molecule has 1 aromatic carbocycles. The Labute approximate surface area is 127 Å². The molecule has 0 spiro atoms. The van der Waals surface area contributed by atoms with Crippen LogP contribution in [0.15, 0.2) is 22.7 Å². The third-order valence-corrected chi connectivity index (χ3v) is 3.46. The van der Waals surface area contributed by atoms with Crippen molar-refractivity contribution >= 4 is 21.8 Å². The maximum Gasteiger partial charge on any atom is 0.222 e. The van der Waals surface area contributed by atoms with Crippen LogP contribution in [0.1, 0.15) is 18.4 Å². The Morgan fingerprint density at radius 1 is 1.55 bits per heavy atom. The number of nitrogens with one attached hydrogen (secondary N) is 1. The minimum Gasteiger partial charge on any atom is -0.380 e.